The van der Waals surface area contributed by atoms with Gasteiger partial charge in [-0.1, -0.05) is 0 Å². The van der Waals surface area contributed by atoms with Crippen molar-refractivity contribution in [2.45, 2.75) is 0 Å². The Labute approximate surface area is 105 Å². The maximum absolute atomic E-state index is 11.2. The van der Waals surface area contributed by atoms with Crippen molar-refractivity contribution in [3.63, 3.8) is 0 Å². The first kappa shape index (κ1) is 15.5. The Kier molecular flexibility index (Phi) is 4.72. The molecule has 1 aromatic heterocycles. The Morgan fingerprint density at radius 2 is 2.00 bits per heavy atom. The molecule has 1 aromatic rings. The maximum Gasteiger partial charge on any atom is 0.250 e. The number of amides is 1. The third kappa shape index (κ3) is 3.46. The SMILES string of the molecule is CN(c1cc(C(N)=O)c(N)cn1)S(C)(=O)=O.Cl. The Hall–Kier alpha value is -1.54. The number of nitrogens with two attached hydrogens (primary N) is 2. The van der Waals surface area contributed by atoms with Crippen LogP contribution in [-0.2, 0) is 10.0 Å². The third-order valence-corrected chi connectivity index (χ3v) is 3.19. The van der Waals surface area contributed by atoms with Crippen molar-refractivity contribution in [2.24, 2.45) is 5.73 Å². The number of sulfonamides is 1. The molecule has 17 heavy (non-hydrogen) atoms. The molecule has 9 heteroatoms. The van der Waals surface area contributed by atoms with E-state index in [9.17, 15) is 13.2 Å². The van der Waals surface area contributed by atoms with E-state index in [2.05, 4.69) is 4.98 Å². The van der Waals surface area contributed by atoms with Crippen molar-refractivity contribution in [1.29, 1.82) is 0 Å². The number of rotatable bonds is 3. The van der Waals surface area contributed by atoms with Gasteiger partial charge in [-0.15, -0.1) is 12.4 Å². The van der Waals surface area contributed by atoms with E-state index in [1.165, 1.54) is 19.3 Å². The van der Waals surface area contributed by atoms with Crippen LogP contribution in [0.3, 0.4) is 0 Å². The van der Waals surface area contributed by atoms with Crippen LogP contribution in [0, 0.1) is 0 Å². The minimum atomic E-state index is -3.43. The van der Waals surface area contributed by atoms with Gasteiger partial charge >= 0.3 is 0 Å². The molecular weight excluding hydrogens is 268 g/mol. The first-order chi connectivity index (χ1) is 7.23. The summed E-state index contributed by atoms with van der Waals surface area (Å²) in [5.74, 6) is -0.645. The molecule has 0 aliphatic carbocycles. The van der Waals surface area contributed by atoms with Gasteiger partial charge in [-0.2, -0.15) is 0 Å². The molecule has 96 valence electrons. The molecule has 1 rings (SSSR count). The topological polar surface area (TPSA) is 119 Å². The van der Waals surface area contributed by atoms with Crippen LogP contribution >= 0.6 is 12.4 Å². The lowest BCUT2D eigenvalue weighted by atomic mass is 10.2. The van der Waals surface area contributed by atoms with Crippen LogP contribution < -0.4 is 15.8 Å². The fourth-order valence-electron chi connectivity index (χ4n) is 1.01. The zero-order chi connectivity index (χ0) is 12.5. The highest BCUT2D eigenvalue weighted by Gasteiger charge is 2.16. The van der Waals surface area contributed by atoms with Crippen LogP contribution in [0.2, 0.25) is 0 Å². The number of pyridine rings is 1. The van der Waals surface area contributed by atoms with Crippen LogP contribution in [-0.4, -0.2) is 32.6 Å². The Balaban J connectivity index is 0.00000256. The fourth-order valence-corrected chi connectivity index (χ4v) is 1.45. The number of primary amides is 1. The van der Waals surface area contributed by atoms with Crippen LogP contribution in [0.15, 0.2) is 12.3 Å². The second-order valence-electron chi connectivity index (χ2n) is 3.22. The summed E-state index contributed by atoms with van der Waals surface area (Å²) in [4.78, 5) is 14.8. The molecule has 0 aliphatic heterocycles. The molecule has 1 heterocycles. The van der Waals surface area contributed by atoms with Crippen molar-refractivity contribution in [3.8, 4) is 0 Å². The zero-order valence-corrected chi connectivity index (χ0v) is 10.9. The Morgan fingerprint density at radius 1 is 1.47 bits per heavy atom. The number of nitrogen functional groups attached to an aromatic ring is 1. The molecule has 0 saturated carbocycles. The quantitative estimate of drug-likeness (QED) is 0.779. The van der Waals surface area contributed by atoms with Gasteiger partial charge in [-0.25, -0.2) is 13.4 Å². The van der Waals surface area contributed by atoms with E-state index < -0.39 is 15.9 Å². The summed E-state index contributed by atoms with van der Waals surface area (Å²) >= 11 is 0. The second-order valence-corrected chi connectivity index (χ2v) is 5.24. The lowest BCUT2D eigenvalue weighted by molar-refractivity contribution is 0.100. The summed E-state index contributed by atoms with van der Waals surface area (Å²) in [5.41, 5.74) is 10.7. The highest BCUT2D eigenvalue weighted by atomic mass is 35.5. The molecular formula is C8H13ClN4O3S. The molecule has 7 nitrogen and oxygen atoms in total. The second kappa shape index (κ2) is 5.19. The molecule has 4 N–H and O–H groups in total. The fraction of sp³-hybridized carbons (Fsp3) is 0.250. The van der Waals surface area contributed by atoms with Crippen LogP contribution in [0.5, 0.6) is 0 Å². The lowest BCUT2D eigenvalue weighted by Gasteiger charge is -2.16. The van der Waals surface area contributed by atoms with Crippen molar-refractivity contribution in [3.05, 3.63) is 17.8 Å². The van der Waals surface area contributed by atoms with Gasteiger partial charge < -0.3 is 11.5 Å². The van der Waals surface area contributed by atoms with E-state index in [1.54, 1.807) is 0 Å². The van der Waals surface area contributed by atoms with E-state index in [-0.39, 0.29) is 29.5 Å². The van der Waals surface area contributed by atoms with E-state index in [1.807, 2.05) is 0 Å². The molecule has 0 unspecified atom stereocenters. The largest absolute Gasteiger partial charge is 0.397 e. The first-order valence-corrected chi connectivity index (χ1v) is 6.07. The van der Waals surface area contributed by atoms with E-state index >= 15 is 0 Å². The number of halogens is 1. The zero-order valence-electron chi connectivity index (χ0n) is 9.25. The molecule has 0 fully saturated rings. The summed E-state index contributed by atoms with van der Waals surface area (Å²) in [6.07, 6.45) is 2.21. The van der Waals surface area contributed by atoms with Gasteiger partial charge in [0.1, 0.15) is 5.82 Å². The van der Waals surface area contributed by atoms with E-state index in [0.717, 1.165) is 10.6 Å². The van der Waals surface area contributed by atoms with Crippen molar-refractivity contribution >= 4 is 39.8 Å². The highest BCUT2D eigenvalue weighted by molar-refractivity contribution is 7.92. The number of anilines is 2. The average Bonchev–Trinajstić information content (AvgIpc) is 2.15. The summed E-state index contributed by atoms with van der Waals surface area (Å²) in [7, 11) is -2.12. The molecule has 0 saturated heterocycles. The molecule has 0 aromatic carbocycles. The Bertz CT molecular complexity index is 532. The predicted octanol–water partition coefficient (Wildman–Crippen LogP) is -0.420. The van der Waals surface area contributed by atoms with Crippen molar-refractivity contribution < 1.29 is 13.2 Å². The van der Waals surface area contributed by atoms with Gasteiger partial charge in [0.05, 0.1) is 23.7 Å². The Morgan fingerprint density at radius 3 is 2.41 bits per heavy atom. The average molecular weight is 281 g/mol. The van der Waals surface area contributed by atoms with Crippen LogP contribution in [0.1, 0.15) is 10.4 Å². The number of carbonyl (C=O) groups excluding carboxylic acids is 1. The predicted molar refractivity (Wildman–Crippen MR) is 67.7 cm³/mol. The van der Waals surface area contributed by atoms with Crippen molar-refractivity contribution in [1.82, 2.24) is 4.98 Å². The molecule has 0 bridgehead atoms. The number of carbonyl (C=O) groups is 1. The minimum Gasteiger partial charge on any atom is -0.397 e. The summed E-state index contributed by atoms with van der Waals surface area (Å²) in [6, 6.07) is 1.23. The number of hydrogen-bond acceptors (Lipinski definition) is 5. The van der Waals surface area contributed by atoms with Crippen molar-refractivity contribution in [2.75, 3.05) is 23.3 Å². The monoisotopic (exact) mass is 280 g/mol. The maximum atomic E-state index is 11.2. The normalized spacial score (nSPS) is 10.5. The lowest BCUT2D eigenvalue weighted by Crippen LogP contribution is -2.26. The van der Waals surface area contributed by atoms with Crippen LogP contribution in [0.25, 0.3) is 0 Å². The first-order valence-electron chi connectivity index (χ1n) is 4.22. The molecule has 1 amide bonds. The molecule has 0 spiro atoms. The molecule has 0 aliphatic rings. The van der Waals surface area contributed by atoms with E-state index in [4.69, 9.17) is 11.5 Å². The standard InChI is InChI=1S/C8H12N4O3S.ClH/c1-12(16(2,14)15)7-3-5(8(10)13)6(9)4-11-7;/h3-4H,9H2,1-2H3,(H2,10,13);1H. The summed E-state index contributed by atoms with van der Waals surface area (Å²) < 4.78 is 23.4. The number of hydrogen-bond donors (Lipinski definition) is 2. The highest BCUT2D eigenvalue weighted by Crippen LogP contribution is 2.18. The number of nitrogens with zero attached hydrogens (tertiary/aromatic N) is 2. The van der Waals surface area contributed by atoms with Crippen LogP contribution in [0.4, 0.5) is 11.5 Å². The number of aromatic nitrogens is 1. The molecule has 0 radical (unpaired) electrons. The van der Waals surface area contributed by atoms with Gasteiger partial charge in [0.2, 0.25) is 10.0 Å². The smallest absolute Gasteiger partial charge is 0.250 e. The van der Waals surface area contributed by atoms with Gasteiger partial charge in [-0.3, -0.25) is 9.10 Å². The third-order valence-electron chi connectivity index (χ3n) is 2.01. The van der Waals surface area contributed by atoms with Gasteiger partial charge in [0.25, 0.3) is 5.91 Å². The summed E-state index contributed by atoms with van der Waals surface area (Å²) in [5, 5.41) is 0. The van der Waals surface area contributed by atoms with Gasteiger partial charge in [0.15, 0.2) is 0 Å². The van der Waals surface area contributed by atoms with Gasteiger partial charge in [-0.05, 0) is 6.07 Å². The summed E-state index contributed by atoms with van der Waals surface area (Å²) in [6.45, 7) is 0. The molecule has 0 atom stereocenters. The van der Waals surface area contributed by atoms with E-state index in [0.29, 0.717) is 0 Å². The minimum absolute atomic E-state index is 0. The van der Waals surface area contributed by atoms with Gasteiger partial charge in [0, 0.05) is 7.05 Å².